The van der Waals surface area contributed by atoms with Crippen LogP contribution in [0.3, 0.4) is 0 Å². The average Bonchev–Trinajstić information content (AvgIpc) is 3.95. The molecule has 12 rings (SSSR count). The number of allylic oxidation sites excluding steroid dienone is 1. The van der Waals surface area contributed by atoms with E-state index in [1.165, 1.54) is 116 Å². The third-order valence-electron chi connectivity index (χ3n) is 12.8. The van der Waals surface area contributed by atoms with E-state index in [4.69, 9.17) is 0 Å². The Morgan fingerprint density at radius 2 is 1.31 bits per heavy atom. The largest absolute Gasteiger partial charge is 0.366 e. The number of hydrogen-bond acceptors (Lipinski definition) is 1. The third kappa shape index (κ3) is 4.48. The van der Waals surface area contributed by atoms with Crippen LogP contribution in [0.25, 0.3) is 78.0 Å². The number of aromatic amines is 1. The van der Waals surface area contributed by atoms with Crippen LogP contribution in [0.1, 0.15) is 56.6 Å². The lowest BCUT2D eigenvalue weighted by Gasteiger charge is -2.31. The highest BCUT2D eigenvalue weighted by molar-refractivity contribution is 6.14. The van der Waals surface area contributed by atoms with Crippen LogP contribution in [0.15, 0.2) is 122 Å². The fourth-order valence-corrected chi connectivity index (χ4v) is 10.5. The Kier molecular flexibility index (Phi) is 6.51. The standard InChI is InChI=1S/C51H40N4/c1-30-6-3-8-32(22-30)34-13-17-46-42(24-34)44-26-36-11-12-37-27-45-43-25-35(33-9-4-7-31(2)23-33)14-18-47(43)55(39-19-21-53-29-39)51(45)41-16-15-40(48(36)49(37)41)50(44)54(46)38-10-5-20-52-28-38/h3-10,14,18-29,53H,11-13,15-17H2,1-2H3. The average molecular weight is 709 g/mol. The first-order valence-corrected chi connectivity index (χ1v) is 19.8. The van der Waals surface area contributed by atoms with E-state index in [1.54, 1.807) is 0 Å². The molecule has 0 spiro atoms. The second-order valence-electron chi connectivity index (χ2n) is 16.0. The molecule has 264 valence electrons. The van der Waals surface area contributed by atoms with Gasteiger partial charge in [0.15, 0.2) is 0 Å². The number of pyridine rings is 1. The number of nitrogens with zero attached hydrogens (tertiary/aromatic N) is 3. The van der Waals surface area contributed by atoms with Crippen molar-refractivity contribution in [1.29, 1.82) is 0 Å². The predicted molar refractivity (Wildman–Crippen MR) is 228 cm³/mol. The lowest BCUT2D eigenvalue weighted by molar-refractivity contribution is 0.869. The summed E-state index contributed by atoms with van der Waals surface area (Å²) in [7, 11) is 0. The molecule has 9 aromatic rings. The summed E-state index contributed by atoms with van der Waals surface area (Å²) >= 11 is 0. The zero-order valence-electron chi connectivity index (χ0n) is 31.2. The third-order valence-corrected chi connectivity index (χ3v) is 12.8. The van der Waals surface area contributed by atoms with Crippen LogP contribution >= 0.6 is 0 Å². The first kappa shape index (κ1) is 31.0. The molecule has 0 fully saturated rings. The highest BCUT2D eigenvalue weighted by Crippen LogP contribution is 2.52. The molecule has 0 atom stereocenters. The number of rotatable bonds is 4. The van der Waals surface area contributed by atoms with Gasteiger partial charge in [-0.3, -0.25) is 4.98 Å². The van der Waals surface area contributed by atoms with Crippen LogP contribution in [0, 0.1) is 13.8 Å². The van der Waals surface area contributed by atoms with Crippen LogP contribution in [0.4, 0.5) is 0 Å². The molecule has 5 aromatic carbocycles. The van der Waals surface area contributed by atoms with Crippen molar-refractivity contribution in [3.05, 3.63) is 172 Å². The van der Waals surface area contributed by atoms with Crippen molar-refractivity contribution in [1.82, 2.24) is 19.1 Å². The zero-order valence-corrected chi connectivity index (χ0v) is 31.2. The Bertz CT molecular complexity index is 3100. The molecular weight excluding hydrogens is 669 g/mol. The molecule has 0 aliphatic heterocycles. The molecule has 4 heteroatoms. The van der Waals surface area contributed by atoms with E-state index in [2.05, 4.69) is 155 Å². The maximum atomic E-state index is 4.64. The number of aryl methyl sites for hydroxylation is 6. The van der Waals surface area contributed by atoms with Crippen molar-refractivity contribution in [2.75, 3.05) is 0 Å². The maximum absolute atomic E-state index is 4.64. The lowest BCUT2D eigenvalue weighted by atomic mass is 9.73. The highest BCUT2D eigenvalue weighted by atomic mass is 15.0. The van der Waals surface area contributed by atoms with Gasteiger partial charge in [0, 0.05) is 46.0 Å². The van der Waals surface area contributed by atoms with Crippen molar-refractivity contribution in [3.63, 3.8) is 0 Å². The summed E-state index contributed by atoms with van der Waals surface area (Å²) in [6, 6.07) is 36.7. The van der Waals surface area contributed by atoms with Crippen LogP contribution in [-0.2, 0) is 32.1 Å². The SMILES string of the molecule is Cc1cccc(C2=Cc3c(n(-c4cccnc4)c4c5c6c(cc34)CCc3cc4c7cc(-c8cccc(C)c8)ccc7n(-c7cc[nH]c7)c4c(c3-6)CC5)CC2)c1. The van der Waals surface area contributed by atoms with Crippen LogP contribution in [-0.4, -0.2) is 19.1 Å². The molecule has 0 saturated heterocycles. The van der Waals surface area contributed by atoms with Gasteiger partial charge < -0.3 is 14.1 Å². The van der Waals surface area contributed by atoms with Gasteiger partial charge >= 0.3 is 0 Å². The smallest absolute Gasteiger partial charge is 0.0642 e. The Morgan fingerprint density at radius 1 is 0.582 bits per heavy atom. The molecule has 0 saturated carbocycles. The minimum absolute atomic E-state index is 1.00. The summed E-state index contributed by atoms with van der Waals surface area (Å²) in [6.45, 7) is 4.38. The van der Waals surface area contributed by atoms with E-state index in [9.17, 15) is 0 Å². The van der Waals surface area contributed by atoms with Crippen molar-refractivity contribution >= 4 is 44.4 Å². The molecule has 0 amide bonds. The monoisotopic (exact) mass is 708 g/mol. The fourth-order valence-electron chi connectivity index (χ4n) is 10.5. The van der Waals surface area contributed by atoms with Gasteiger partial charge in [-0.25, -0.2) is 0 Å². The summed E-state index contributed by atoms with van der Waals surface area (Å²) in [5.41, 5.74) is 26.1. The van der Waals surface area contributed by atoms with Crippen molar-refractivity contribution in [3.8, 4) is 33.6 Å². The van der Waals surface area contributed by atoms with E-state index < -0.39 is 0 Å². The van der Waals surface area contributed by atoms with E-state index in [0.717, 1.165) is 44.2 Å². The molecule has 0 radical (unpaired) electrons. The van der Waals surface area contributed by atoms with Gasteiger partial charge in [0.1, 0.15) is 0 Å². The Labute approximate surface area is 320 Å². The van der Waals surface area contributed by atoms with Crippen LogP contribution in [0.5, 0.6) is 0 Å². The Hall–Kier alpha value is -6.39. The minimum atomic E-state index is 1.00. The normalized spacial score (nSPS) is 14.4. The van der Waals surface area contributed by atoms with Gasteiger partial charge in [-0.15, -0.1) is 0 Å². The molecule has 3 aliphatic rings. The summed E-state index contributed by atoms with van der Waals surface area (Å²) < 4.78 is 5.11. The van der Waals surface area contributed by atoms with Gasteiger partial charge in [0.05, 0.1) is 34.1 Å². The summed E-state index contributed by atoms with van der Waals surface area (Å²) in [6.07, 6.45) is 16.8. The van der Waals surface area contributed by atoms with Gasteiger partial charge in [-0.1, -0.05) is 65.7 Å². The molecular formula is C51H40N4. The molecule has 4 aromatic heterocycles. The first-order chi connectivity index (χ1) is 27.1. The second-order valence-corrected chi connectivity index (χ2v) is 16.0. The topological polar surface area (TPSA) is 38.5 Å². The Balaban J connectivity index is 1.14. The summed E-state index contributed by atoms with van der Waals surface area (Å²) in [4.78, 5) is 8.00. The van der Waals surface area contributed by atoms with Gasteiger partial charge in [0.25, 0.3) is 0 Å². The first-order valence-electron chi connectivity index (χ1n) is 19.8. The van der Waals surface area contributed by atoms with Crippen molar-refractivity contribution in [2.24, 2.45) is 0 Å². The molecule has 0 unspecified atom stereocenters. The van der Waals surface area contributed by atoms with Crippen molar-refractivity contribution < 1.29 is 0 Å². The second kappa shape index (κ2) is 11.6. The Morgan fingerprint density at radius 3 is 2.04 bits per heavy atom. The maximum Gasteiger partial charge on any atom is 0.0642 e. The van der Waals surface area contributed by atoms with E-state index >= 15 is 0 Å². The van der Waals surface area contributed by atoms with Crippen LogP contribution < -0.4 is 0 Å². The molecule has 4 nitrogen and oxygen atoms in total. The number of aromatic nitrogens is 4. The molecule has 4 heterocycles. The summed E-state index contributed by atoms with van der Waals surface area (Å²) in [5, 5.41) is 4.10. The molecule has 3 aliphatic carbocycles. The summed E-state index contributed by atoms with van der Waals surface area (Å²) in [5.74, 6) is 0. The minimum Gasteiger partial charge on any atom is -0.366 e. The molecule has 0 bridgehead atoms. The van der Waals surface area contributed by atoms with Crippen molar-refractivity contribution in [2.45, 2.75) is 52.4 Å². The van der Waals surface area contributed by atoms with Gasteiger partial charge in [-0.05, 0) is 157 Å². The molecule has 1 N–H and O–H groups in total. The zero-order chi connectivity index (χ0) is 36.4. The fraction of sp³-hybridized carbons (Fsp3) is 0.157. The van der Waals surface area contributed by atoms with E-state index in [1.807, 2.05) is 6.20 Å². The number of nitrogens with one attached hydrogen (secondary N) is 1. The number of fused-ring (bicyclic) bond motifs is 8. The van der Waals surface area contributed by atoms with E-state index in [-0.39, 0.29) is 0 Å². The number of benzene rings is 5. The quantitative estimate of drug-likeness (QED) is 0.194. The molecule has 55 heavy (non-hydrogen) atoms. The van der Waals surface area contributed by atoms with Gasteiger partial charge in [-0.2, -0.15) is 0 Å². The number of hydrogen-bond donors (Lipinski definition) is 1. The van der Waals surface area contributed by atoms with E-state index in [0.29, 0.717) is 0 Å². The number of H-pyrrole nitrogens is 1. The lowest BCUT2D eigenvalue weighted by Crippen LogP contribution is -2.16. The highest BCUT2D eigenvalue weighted by Gasteiger charge is 2.34. The van der Waals surface area contributed by atoms with Crippen LogP contribution in [0.2, 0.25) is 0 Å². The predicted octanol–water partition coefficient (Wildman–Crippen LogP) is 12.1. The van der Waals surface area contributed by atoms with Gasteiger partial charge in [0.2, 0.25) is 0 Å².